The lowest BCUT2D eigenvalue weighted by molar-refractivity contribution is -0.140. The first kappa shape index (κ1) is 14.7. The van der Waals surface area contributed by atoms with Crippen molar-refractivity contribution in [3.05, 3.63) is 35.1 Å². The topological polar surface area (TPSA) is 60.8 Å². The molecule has 1 fully saturated rings. The van der Waals surface area contributed by atoms with E-state index in [4.69, 9.17) is 0 Å². The second kappa shape index (κ2) is 5.02. The number of rotatable bonds is 1. The third-order valence-electron chi connectivity index (χ3n) is 3.06. The zero-order valence-electron chi connectivity index (χ0n) is 10.1. The van der Waals surface area contributed by atoms with Crippen LogP contribution in [0.3, 0.4) is 0 Å². The fraction of sp³-hybridized carbons (Fsp3) is 0.417. The molecule has 0 bridgehead atoms. The van der Waals surface area contributed by atoms with Crippen LogP contribution in [0.25, 0.3) is 0 Å². The number of likely N-dealkylation sites (tertiary alicyclic amines) is 1. The van der Waals surface area contributed by atoms with E-state index in [1.807, 2.05) is 0 Å². The van der Waals surface area contributed by atoms with E-state index >= 15 is 0 Å². The number of nitrogens with zero attached hydrogens (tertiary/aromatic N) is 1. The van der Waals surface area contributed by atoms with Crippen molar-refractivity contribution in [2.75, 3.05) is 13.1 Å². The van der Waals surface area contributed by atoms with Crippen LogP contribution in [-0.2, 0) is 6.18 Å². The third-order valence-corrected chi connectivity index (χ3v) is 3.06. The van der Waals surface area contributed by atoms with Crippen LogP contribution in [0, 0.1) is 5.82 Å². The van der Waals surface area contributed by atoms with Gasteiger partial charge in [-0.2, -0.15) is 13.2 Å². The van der Waals surface area contributed by atoms with Crippen LogP contribution in [0.1, 0.15) is 15.9 Å². The first-order chi connectivity index (χ1) is 9.20. The summed E-state index contributed by atoms with van der Waals surface area (Å²) in [5, 5.41) is 18.6. The molecule has 0 aliphatic carbocycles. The number of β-amino-alcohol motifs (C(OH)–C–C–N with tert-alkyl or cyclic N) is 2. The summed E-state index contributed by atoms with van der Waals surface area (Å²) in [5.41, 5.74) is -1.87. The van der Waals surface area contributed by atoms with Crippen LogP contribution in [0.5, 0.6) is 0 Å². The summed E-state index contributed by atoms with van der Waals surface area (Å²) in [5.74, 6) is -2.26. The van der Waals surface area contributed by atoms with Crippen molar-refractivity contribution < 1.29 is 32.6 Å². The molecule has 2 unspecified atom stereocenters. The van der Waals surface area contributed by atoms with E-state index < -0.39 is 35.7 Å². The zero-order chi connectivity index (χ0) is 15.1. The van der Waals surface area contributed by atoms with Gasteiger partial charge in [0.1, 0.15) is 5.82 Å². The Labute approximate surface area is 111 Å². The van der Waals surface area contributed by atoms with E-state index in [-0.39, 0.29) is 18.7 Å². The molecule has 2 rings (SSSR count). The first-order valence-electron chi connectivity index (χ1n) is 5.72. The van der Waals surface area contributed by atoms with Gasteiger partial charge in [0.2, 0.25) is 0 Å². The van der Waals surface area contributed by atoms with Gasteiger partial charge in [-0.25, -0.2) is 4.39 Å². The number of aliphatic hydroxyl groups excluding tert-OH is 2. The minimum Gasteiger partial charge on any atom is -0.388 e. The third kappa shape index (κ3) is 2.75. The van der Waals surface area contributed by atoms with Crippen molar-refractivity contribution in [1.82, 2.24) is 4.90 Å². The van der Waals surface area contributed by atoms with Crippen LogP contribution in [-0.4, -0.2) is 46.3 Å². The van der Waals surface area contributed by atoms with Crippen molar-refractivity contribution in [2.24, 2.45) is 0 Å². The van der Waals surface area contributed by atoms with E-state index in [9.17, 15) is 32.6 Å². The summed E-state index contributed by atoms with van der Waals surface area (Å²) >= 11 is 0. The van der Waals surface area contributed by atoms with Crippen molar-refractivity contribution in [3.63, 3.8) is 0 Å². The molecule has 1 aliphatic rings. The number of hydrogen-bond acceptors (Lipinski definition) is 3. The van der Waals surface area contributed by atoms with Crippen molar-refractivity contribution >= 4 is 5.91 Å². The van der Waals surface area contributed by atoms with Gasteiger partial charge in [0.25, 0.3) is 5.91 Å². The van der Waals surface area contributed by atoms with Gasteiger partial charge in [0.15, 0.2) is 0 Å². The second-order valence-corrected chi connectivity index (χ2v) is 4.54. The lowest BCUT2D eigenvalue weighted by atomic mass is 10.1. The largest absolute Gasteiger partial charge is 0.419 e. The summed E-state index contributed by atoms with van der Waals surface area (Å²) < 4.78 is 50.8. The average molecular weight is 293 g/mol. The van der Waals surface area contributed by atoms with Crippen LogP contribution in [0.2, 0.25) is 0 Å². The lowest BCUT2D eigenvalue weighted by Crippen LogP contribution is -2.30. The maximum absolute atomic E-state index is 13.1. The van der Waals surface area contributed by atoms with Gasteiger partial charge >= 0.3 is 6.18 Å². The number of hydrogen-bond donors (Lipinski definition) is 2. The van der Waals surface area contributed by atoms with E-state index in [1.54, 1.807) is 0 Å². The molecule has 1 aromatic rings. The standard InChI is InChI=1S/C12H11F4NO3/c13-8-2-1-6(3-7(8)12(14,15)16)11(20)17-4-9(18)10(19)5-17/h1-3,9-10,18-19H,4-5H2. The summed E-state index contributed by atoms with van der Waals surface area (Å²) in [6.07, 6.45) is -7.17. The van der Waals surface area contributed by atoms with E-state index in [0.717, 1.165) is 11.0 Å². The van der Waals surface area contributed by atoms with Crippen molar-refractivity contribution in [2.45, 2.75) is 18.4 Å². The Morgan fingerprint density at radius 3 is 2.25 bits per heavy atom. The Morgan fingerprint density at radius 1 is 1.20 bits per heavy atom. The number of amides is 1. The Bertz CT molecular complexity index is 522. The summed E-state index contributed by atoms with van der Waals surface area (Å²) in [6.45, 7) is -0.364. The Hall–Kier alpha value is -1.67. The Kier molecular flexibility index (Phi) is 3.70. The van der Waals surface area contributed by atoms with Gasteiger partial charge in [-0.05, 0) is 18.2 Å². The molecule has 20 heavy (non-hydrogen) atoms. The van der Waals surface area contributed by atoms with Crippen molar-refractivity contribution in [1.29, 1.82) is 0 Å². The molecule has 8 heteroatoms. The molecule has 1 aliphatic heterocycles. The molecule has 0 spiro atoms. The molecule has 110 valence electrons. The van der Waals surface area contributed by atoms with Gasteiger partial charge < -0.3 is 15.1 Å². The SMILES string of the molecule is O=C(c1ccc(F)c(C(F)(F)F)c1)N1CC(O)C(O)C1. The number of benzene rings is 1. The summed E-state index contributed by atoms with van der Waals surface area (Å²) in [4.78, 5) is 13.0. The predicted octanol–water partition coefficient (Wildman–Crippen LogP) is 1.02. The number of alkyl halides is 3. The molecular weight excluding hydrogens is 282 g/mol. The number of aliphatic hydroxyl groups is 2. The molecule has 1 aromatic carbocycles. The predicted molar refractivity (Wildman–Crippen MR) is 59.3 cm³/mol. The van der Waals surface area contributed by atoms with Gasteiger partial charge in [-0.1, -0.05) is 0 Å². The van der Waals surface area contributed by atoms with Crippen LogP contribution in [0.15, 0.2) is 18.2 Å². The molecule has 0 aromatic heterocycles. The first-order valence-corrected chi connectivity index (χ1v) is 5.72. The van der Waals surface area contributed by atoms with Gasteiger partial charge in [-0.15, -0.1) is 0 Å². The number of carbonyl (C=O) groups is 1. The fourth-order valence-corrected chi connectivity index (χ4v) is 1.99. The molecule has 1 amide bonds. The smallest absolute Gasteiger partial charge is 0.388 e. The maximum atomic E-state index is 13.1. The fourth-order valence-electron chi connectivity index (χ4n) is 1.99. The van der Waals surface area contributed by atoms with Gasteiger partial charge in [0, 0.05) is 18.7 Å². The average Bonchev–Trinajstić information content (AvgIpc) is 2.68. The molecule has 2 N–H and O–H groups in total. The van der Waals surface area contributed by atoms with E-state index in [2.05, 4.69) is 0 Å². The number of halogens is 4. The minimum absolute atomic E-state index is 0.182. The monoisotopic (exact) mass is 293 g/mol. The number of carbonyl (C=O) groups excluding carboxylic acids is 1. The Morgan fingerprint density at radius 2 is 1.75 bits per heavy atom. The van der Waals surface area contributed by atoms with Crippen molar-refractivity contribution in [3.8, 4) is 0 Å². The van der Waals surface area contributed by atoms with E-state index in [1.165, 1.54) is 0 Å². The van der Waals surface area contributed by atoms with Crippen LogP contribution in [0.4, 0.5) is 17.6 Å². The molecule has 0 saturated carbocycles. The molecular formula is C12H11F4NO3. The second-order valence-electron chi connectivity index (χ2n) is 4.54. The van der Waals surface area contributed by atoms with E-state index in [0.29, 0.717) is 12.1 Å². The summed E-state index contributed by atoms with van der Waals surface area (Å²) in [6, 6.07) is 1.93. The normalized spacial score (nSPS) is 23.2. The minimum atomic E-state index is -4.90. The lowest BCUT2D eigenvalue weighted by Gasteiger charge is -2.16. The Balaban J connectivity index is 2.28. The molecule has 1 saturated heterocycles. The van der Waals surface area contributed by atoms with Gasteiger partial charge in [0.05, 0.1) is 17.8 Å². The quantitative estimate of drug-likeness (QED) is 0.760. The highest BCUT2D eigenvalue weighted by Gasteiger charge is 2.37. The maximum Gasteiger partial charge on any atom is 0.419 e. The molecule has 4 nitrogen and oxygen atoms in total. The van der Waals surface area contributed by atoms with Crippen LogP contribution >= 0.6 is 0 Å². The molecule has 1 heterocycles. The molecule has 2 atom stereocenters. The highest BCUT2D eigenvalue weighted by Crippen LogP contribution is 2.32. The van der Waals surface area contributed by atoms with Crippen LogP contribution < -0.4 is 0 Å². The highest BCUT2D eigenvalue weighted by molar-refractivity contribution is 5.94. The zero-order valence-corrected chi connectivity index (χ0v) is 10.1. The van der Waals surface area contributed by atoms with Gasteiger partial charge in [-0.3, -0.25) is 4.79 Å². The summed E-state index contributed by atoms with van der Waals surface area (Å²) in [7, 11) is 0. The molecule has 0 radical (unpaired) electrons. The highest BCUT2D eigenvalue weighted by atomic mass is 19.4.